The summed E-state index contributed by atoms with van der Waals surface area (Å²) in [5.74, 6) is 0.253. The van der Waals surface area contributed by atoms with Gasteiger partial charge in [-0.15, -0.1) is 0 Å². The number of rotatable bonds is 7. The van der Waals surface area contributed by atoms with E-state index in [2.05, 4.69) is 0 Å². The zero-order chi connectivity index (χ0) is 12.1. The Balaban J connectivity index is 4.12. The number of hydrogen-bond acceptors (Lipinski definition) is 3. The first-order valence-corrected chi connectivity index (χ1v) is 5.44. The van der Waals surface area contributed by atoms with Crippen LogP contribution in [0.1, 0.15) is 47.5 Å². The highest BCUT2D eigenvalue weighted by Gasteiger charge is 2.28. The van der Waals surface area contributed by atoms with Crippen LogP contribution in [0.3, 0.4) is 0 Å². The van der Waals surface area contributed by atoms with Crippen molar-refractivity contribution in [3.8, 4) is 0 Å². The van der Waals surface area contributed by atoms with Crippen LogP contribution < -0.4 is 0 Å². The summed E-state index contributed by atoms with van der Waals surface area (Å²) < 4.78 is 5.53. The van der Waals surface area contributed by atoms with Gasteiger partial charge in [-0.3, -0.25) is 9.59 Å². The van der Waals surface area contributed by atoms with Crippen LogP contribution in [-0.2, 0) is 14.3 Å². The van der Waals surface area contributed by atoms with E-state index >= 15 is 0 Å². The highest BCUT2D eigenvalue weighted by molar-refractivity contribution is 5.82. The van der Waals surface area contributed by atoms with Crippen LogP contribution in [0.5, 0.6) is 0 Å². The molecule has 2 unspecified atom stereocenters. The molecule has 0 rings (SSSR count). The summed E-state index contributed by atoms with van der Waals surface area (Å²) in [5, 5.41) is 0. The van der Waals surface area contributed by atoms with Crippen LogP contribution in [0.2, 0.25) is 0 Å². The van der Waals surface area contributed by atoms with Crippen LogP contribution in [0.4, 0.5) is 0 Å². The molecule has 0 radical (unpaired) electrons. The maximum absolute atomic E-state index is 11.4. The molecule has 0 aliphatic heterocycles. The third-order valence-electron chi connectivity index (χ3n) is 2.89. The van der Waals surface area contributed by atoms with E-state index in [0.717, 1.165) is 6.42 Å². The molecule has 0 saturated carbocycles. The first-order chi connectivity index (χ1) is 6.81. The lowest BCUT2D eigenvalue weighted by Gasteiger charge is -2.26. The van der Waals surface area contributed by atoms with E-state index in [1.807, 2.05) is 20.8 Å². The lowest BCUT2D eigenvalue weighted by Crippen LogP contribution is -2.32. The summed E-state index contributed by atoms with van der Waals surface area (Å²) in [6.07, 6.45) is 1.07. The van der Waals surface area contributed by atoms with Crippen LogP contribution in [0, 0.1) is 5.41 Å². The summed E-state index contributed by atoms with van der Waals surface area (Å²) in [6, 6.07) is 0. The van der Waals surface area contributed by atoms with Gasteiger partial charge in [0.15, 0.2) is 0 Å². The fourth-order valence-electron chi connectivity index (χ4n) is 1.24. The molecule has 0 fully saturated rings. The topological polar surface area (TPSA) is 43.4 Å². The second-order valence-corrected chi connectivity index (χ2v) is 4.50. The maximum Gasteiger partial charge on any atom is 0.137 e. The maximum atomic E-state index is 11.4. The van der Waals surface area contributed by atoms with Gasteiger partial charge >= 0.3 is 0 Å². The Hall–Kier alpha value is -0.700. The minimum atomic E-state index is -0.412. The molecule has 0 saturated heterocycles. The zero-order valence-electron chi connectivity index (χ0n) is 10.4. The Morgan fingerprint density at radius 2 is 1.87 bits per heavy atom. The lowest BCUT2D eigenvalue weighted by molar-refractivity contribution is -0.131. The molecular formula is C12H22O3. The Morgan fingerprint density at radius 3 is 2.20 bits per heavy atom. The number of carbonyl (C=O) groups is 2. The number of ether oxygens (including phenoxy) is 1. The van der Waals surface area contributed by atoms with E-state index in [0.29, 0.717) is 13.0 Å². The van der Waals surface area contributed by atoms with Gasteiger partial charge in [0.2, 0.25) is 0 Å². The Labute approximate surface area is 92.2 Å². The summed E-state index contributed by atoms with van der Waals surface area (Å²) in [7, 11) is 0. The molecule has 15 heavy (non-hydrogen) atoms. The molecule has 3 heteroatoms. The summed E-state index contributed by atoms with van der Waals surface area (Å²) in [6.45, 7) is 9.26. The lowest BCUT2D eigenvalue weighted by atomic mass is 9.84. The average Bonchev–Trinajstić information content (AvgIpc) is 2.12. The summed E-state index contributed by atoms with van der Waals surface area (Å²) in [5.41, 5.74) is -0.412. The minimum absolute atomic E-state index is 0.104. The minimum Gasteiger partial charge on any atom is -0.377 e. The van der Waals surface area contributed by atoms with Gasteiger partial charge in [0, 0.05) is 11.8 Å². The van der Waals surface area contributed by atoms with Gasteiger partial charge in [0.25, 0.3) is 0 Å². The van der Waals surface area contributed by atoms with Crippen LogP contribution in [-0.4, -0.2) is 24.3 Å². The van der Waals surface area contributed by atoms with Gasteiger partial charge in [0.1, 0.15) is 11.6 Å². The van der Waals surface area contributed by atoms with E-state index in [-0.39, 0.29) is 17.7 Å². The number of hydrogen-bond donors (Lipinski definition) is 0. The summed E-state index contributed by atoms with van der Waals surface area (Å²) in [4.78, 5) is 22.2. The SMILES string of the molecule is CCC(C)(COC(C)CC(C)=O)C(C)=O. The van der Waals surface area contributed by atoms with E-state index < -0.39 is 5.41 Å². The molecule has 0 aromatic carbocycles. The van der Waals surface area contributed by atoms with Crippen molar-refractivity contribution in [3.05, 3.63) is 0 Å². The first kappa shape index (κ1) is 14.3. The normalized spacial score (nSPS) is 16.9. The molecular weight excluding hydrogens is 192 g/mol. The van der Waals surface area contributed by atoms with Crippen molar-refractivity contribution in [1.82, 2.24) is 0 Å². The van der Waals surface area contributed by atoms with E-state index in [1.165, 1.54) is 0 Å². The van der Waals surface area contributed by atoms with Gasteiger partial charge in [-0.05, 0) is 27.2 Å². The van der Waals surface area contributed by atoms with Crippen molar-refractivity contribution in [2.24, 2.45) is 5.41 Å². The zero-order valence-corrected chi connectivity index (χ0v) is 10.4. The van der Waals surface area contributed by atoms with Gasteiger partial charge in [-0.25, -0.2) is 0 Å². The molecule has 88 valence electrons. The number of Topliss-reactive ketones (excluding diaryl/α,β-unsaturated/α-hetero) is 2. The highest BCUT2D eigenvalue weighted by atomic mass is 16.5. The van der Waals surface area contributed by atoms with Crippen molar-refractivity contribution in [3.63, 3.8) is 0 Å². The molecule has 0 heterocycles. The quantitative estimate of drug-likeness (QED) is 0.653. The molecule has 0 N–H and O–H groups in total. The number of ketones is 2. The predicted molar refractivity (Wildman–Crippen MR) is 59.8 cm³/mol. The Bertz CT molecular complexity index is 235. The van der Waals surface area contributed by atoms with Crippen molar-refractivity contribution in [2.75, 3.05) is 6.61 Å². The molecule has 3 nitrogen and oxygen atoms in total. The largest absolute Gasteiger partial charge is 0.377 e. The third-order valence-corrected chi connectivity index (χ3v) is 2.89. The smallest absolute Gasteiger partial charge is 0.137 e. The van der Waals surface area contributed by atoms with Gasteiger partial charge < -0.3 is 4.74 Å². The first-order valence-electron chi connectivity index (χ1n) is 5.44. The molecule has 0 aliphatic rings. The summed E-state index contributed by atoms with van der Waals surface area (Å²) >= 11 is 0. The molecule has 0 aliphatic carbocycles. The van der Waals surface area contributed by atoms with Crippen molar-refractivity contribution in [2.45, 2.75) is 53.6 Å². The molecule has 0 bridgehead atoms. The molecule has 0 aromatic rings. The molecule has 0 spiro atoms. The molecule has 0 aromatic heterocycles. The van der Waals surface area contributed by atoms with E-state index in [4.69, 9.17) is 4.74 Å². The third kappa shape index (κ3) is 5.07. The van der Waals surface area contributed by atoms with Gasteiger partial charge in [0.05, 0.1) is 12.7 Å². The van der Waals surface area contributed by atoms with Crippen LogP contribution in [0.15, 0.2) is 0 Å². The predicted octanol–water partition coefficient (Wildman–Crippen LogP) is 2.38. The van der Waals surface area contributed by atoms with Crippen LogP contribution in [0.25, 0.3) is 0 Å². The van der Waals surface area contributed by atoms with E-state index in [1.54, 1.807) is 13.8 Å². The monoisotopic (exact) mass is 214 g/mol. The van der Waals surface area contributed by atoms with Crippen molar-refractivity contribution in [1.29, 1.82) is 0 Å². The standard InChI is InChI=1S/C12H22O3/c1-6-12(5,11(4)14)8-15-10(3)7-9(2)13/h10H,6-8H2,1-5H3. The van der Waals surface area contributed by atoms with Gasteiger partial charge in [-0.2, -0.15) is 0 Å². The van der Waals surface area contributed by atoms with Crippen LogP contribution >= 0.6 is 0 Å². The fourth-order valence-corrected chi connectivity index (χ4v) is 1.24. The fraction of sp³-hybridized carbons (Fsp3) is 0.833. The number of carbonyl (C=O) groups excluding carboxylic acids is 2. The second-order valence-electron chi connectivity index (χ2n) is 4.50. The van der Waals surface area contributed by atoms with Crippen molar-refractivity contribution >= 4 is 11.6 Å². The van der Waals surface area contributed by atoms with E-state index in [9.17, 15) is 9.59 Å². The average molecular weight is 214 g/mol. The molecule has 2 atom stereocenters. The molecule has 0 amide bonds. The van der Waals surface area contributed by atoms with Gasteiger partial charge in [-0.1, -0.05) is 13.8 Å². The highest BCUT2D eigenvalue weighted by Crippen LogP contribution is 2.23. The Kier molecular flexibility index (Phi) is 5.73. The van der Waals surface area contributed by atoms with Crippen molar-refractivity contribution < 1.29 is 14.3 Å². The Morgan fingerprint density at radius 1 is 1.33 bits per heavy atom. The second kappa shape index (κ2) is 6.01.